The summed E-state index contributed by atoms with van der Waals surface area (Å²) >= 11 is 3.47. The molecule has 21 heavy (non-hydrogen) atoms. The average molecular weight is 342 g/mol. The third-order valence-corrected chi connectivity index (χ3v) is 4.64. The van der Waals surface area contributed by atoms with Gasteiger partial charge in [0.2, 0.25) is 0 Å². The van der Waals surface area contributed by atoms with Gasteiger partial charge < -0.3 is 10.6 Å². The predicted molar refractivity (Wildman–Crippen MR) is 88.7 cm³/mol. The molecule has 0 fully saturated rings. The highest BCUT2D eigenvalue weighted by Gasteiger charge is 2.30. The second-order valence-corrected chi connectivity index (χ2v) is 6.04. The van der Waals surface area contributed by atoms with Crippen molar-refractivity contribution in [1.82, 2.24) is 0 Å². The Morgan fingerprint density at radius 2 is 1.95 bits per heavy atom. The van der Waals surface area contributed by atoms with Crippen molar-refractivity contribution in [3.63, 3.8) is 0 Å². The summed E-state index contributed by atoms with van der Waals surface area (Å²) in [7, 11) is 0. The predicted octanol–water partition coefficient (Wildman–Crippen LogP) is 3.90. The molecule has 2 aromatic rings. The molecule has 2 aromatic carbocycles. The molecule has 0 aliphatic carbocycles. The van der Waals surface area contributed by atoms with Gasteiger partial charge in [0.1, 0.15) is 6.07 Å². The van der Waals surface area contributed by atoms with Crippen molar-refractivity contribution >= 4 is 27.3 Å². The molecule has 0 saturated carbocycles. The van der Waals surface area contributed by atoms with E-state index < -0.39 is 0 Å². The number of nitrogens with two attached hydrogens (primary N) is 1. The smallest absolute Gasteiger partial charge is 0.103 e. The molecular formula is C17H16BrN3. The first-order valence-corrected chi connectivity index (χ1v) is 7.80. The topological polar surface area (TPSA) is 53.0 Å². The molecule has 0 amide bonds. The van der Waals surface area contributed by atoms with E-state index in [2.05, 4.69) is 45.1 Å². The van der Waals surface area contributed by atoms with Crippen LogP contribution in [0.3, 0.4) is 0 Å². The maximum atomic E-state index is 9.45. The van der Waals surface area contributed by atoms with Crippen LogP contribution in [-0.4, -0.2) is 13.1 Å². The Labute approximate surface area is 133 Å². The molecule has 1 unspecified atom stereocenters. The van der Waals surface area contributed by atoms with E-state index in [1.165, 1.54) is 11.3 Å². The third kappa shape index (κ3) is 2.44. The number of benzene rings is 2. The summed E-state index contributed by atoms with van der Waals surface area (Å²) in [5.41, 5.74) is 9.90. The first-order chi connectivity index (χ1) is 10.3. The Morgan fingerprint density at radius 3 is 2.71 bits per heavy atom. The summed E-state index contributed by atoms with van der Waals surface area (Å²) in [5, 5.41) is 9.45. The normalized spacial score (nSPS) is 16.6. The molecule has 0 spiro atoms. The van der Waals surface area contributed by atoms with Gasteiger partial charge in [0.05, 0.1) is 11.3 Å². The van der Waals surface area contributed by atoms with E-state index in [0.29, 0.717) is 18.0 Å². The third-order valence-electron chi connectivity index (χ3n) is 3.98. The fourth-order valence-corrected chi connectivity index (χ4v) is 3.46. The lowest BCUT2D eigenvalue weighted by Crippen LogP contribution is -2.18. The molecule has 0 bridgehead atoms. The number of anilines is 2. The van der Waals surface area contributed by atoms with Gasteiger partial charge >= 0.3 is 0 Å². The van der Waals surface area contributed by atoms with Crippen LogP contribution in [0.15, 0.2) is 46.9 Å². The molecule has 3 rings (SSSR count). The number of hydrogen-bond acceptors (Lipinski definition) is 3. The van der Waals surface area contributed by atoms with Gasteiger partial charge in [-0.25, -0.2) is 0 Å². The van der Waals surface area contributed by atoms with Gasteiger partial charge in [-0.2, -0.15) is 5.26 Å². The first-order valence-electron chi connectivity index (χ1n) is 7.01. The lowest BCUT2D eigenvalue weighted by molar-refractivity contribution is 0.668. The molecule has 3 nitrogen and oxygen atoms in total. The Hall–Kier alpha value is -1.83. The van der Waals surface area contributed by atoms with Crippen LogP contribution >= 0.6 is 15.9 Å². The van der Waals surface area contributed by atoms with E-state index in [1.54, 1.807) is 0 Å². The number of nitrogens with zero attached hydrogens (tertiary/aromatic N) is 2. The van der Waals surface area contributed by atoms with Crippen LogP contribution in [0.4, 0.5) is 11.4 Å². The molecule has 1 aliphatic rings. The van der Waals surface area contributed by atoms with Crippen molar-refractivity contribution in [2.45, 2.75) is 12.3 Å². The molecule has 0 saturated heterocycles. The lowest BCUT2D eigenvalue weighted by Gasteiger charge is -2.22. The Bertz CT molecular complexity index is 705. The maximum absolute atomic E-state index is 9.45. The fourth-order valence-electron chi connectivity index (χ4n) is 3.02. The van der Waals surface area contributed by atoms with Gasteiger partial charge in [-0.15, -0.1) is 0 Å². The van der Waals surface area contributed by atoms with Crippen LogP contribution in [-0.2, 0) is 0 Å². The zero-order chi connectivity index (χ0) is 14.8. The second kappa shape index (κ2) is 5.88. The molecule has 1 heterocycles. The van der Waals surface area contributed by atoms with Crippen molar-refractivity contribution in [1.29, 1.82) is 5.26 Å². The highest BCUT2D eigenvalue weighted by atomic mass is 79.9. The van der Waals surface area contributed by atoms with E-state index in [1.807, 2.05) is 24.3 Å². The van der Waals surface area contributed by atoms with Crippen molar-refractivity contribution in [2.75, 3.05) is 18.0 Å². The standard InChI is InChI=1S/C17H16BrN3/c18-15-5-3-7-17(14(15)10-20)21-11-12(8-9-19)13-4-1-2-6-16(13)21/h1-7,12H,8-9,11,19H2. The molecule has 1 aliphatic heterocycles. The number of halogens is 1. The largest absolute Gasteiger partial charge is 0.340 e. The van der Waals surface area contributed by atoms with Crippen LogP contribution in [0.1, 0.15) is 23.5 Å². The Kier molecular flexibility index (Phi) is 3.96. The summed E-state index contributed by atoms with van der Waals surface area (Å²) in [6, 6.07) is 16.6. The summed E-state index contributed by atoms with van der Waals surface area (Å²) in [6.07, 6.45) is 0.962. The van der Waals surface area contributed by atoms with E-state index in [-0.39, 0.29) is 0 Å². The number of fused-ring (bicyclic) bond motifs is 1. The number of rotatable bonds is 3. The fraction of sp³-hybridized carbons (Fsp3) is 0.235. The molecule has 2 N–H and O–H groups in total. The van der Waals surface area contributed by atoms with Gasteiger partial charge in [0.25, 0.3) is 0 Å². The highest BCUT2D eigenvalue weighted by molar-refractivity contribution is 9.10. The highest BCUT2D eigenvalue weighted by Crippen LogP contribution is 2.43. The molecule has 106 valence electrons. The maximum Gasteiger partial charge on any atom is 0.103 e. The zero-order valence-corrected chi connectivity index (χ0v) is 13.2. The molecule has 1 atom stereocenters. The van der Waals surface area contributed by atoms with Crippen LogP contribution in [0, 0.1) is 11.3 Å². The van der Waals surface area contributed by atoms with Gasteiger partial charge in [0.15, 0.2) is 0 Å². The SMILES string of the molecule is N#Cc1c(Br)cccc1N1CC(CCN)c2ccccc21. The Balaban J connectivity index is 2.09. The first kappa shape index (κ1) is 14.1. The van der Waals surface area contributed by atoms with E-state index >= 15 is 0 Å². The monoisotopic (exact) mass is 341 g/mol. The van der Waals surface area contributed by atoms with Crippen molar-refractivity contribution in [2.24, 2.45) is 5.73 Å². The van der Waals surface area contributed by atoms with Crippen molar-refractivity contribution < 1.29 is 0 Å². The summed E-state index contributed by atoms with van der Waals surface area (Å²) in [5.74, 6) is 0.428. The molecule has 4 heteroatoms. The molecule has 0 aromatic heterocycles. The summed E-state index contributed by atoms with van der Waals surface area (Å²) in [6.45, 7) is 1.55. The minimum atomic E-state index is 0.428. The van der Waals surface area contributed by atoms with Gasteiger partial charge in [-0.05, 0) is 52.7 Å². The quantitative estimate of drug-likeness (QED) is 0.920. The van der Waals surface area contributed by atoms with Crippen LogP contribution in [0.2, 0.25) is 0 Å². The average Bonchev–Trinajstić information content (AvgIpc) is 2.86. The minimum absolute atomic E-state index is 0.428. The van der Waals surface area contributed by atoms with Crippen LogP contribution < -0.4 is 10.6 Å². The summed E-state index contributed by atoms with van der Waals surface area (Å²) in [4.78, 5) is 2.24. The number of hydrogen-bond donors (Lipinski definition) is 1. The zero-order valence-electron chi connectivity index (χ0n) is 11.6. The van der Waals surface area contributed by atoms with Crippen molar-refractivity contribution in [3.05, 3.63) is 58.1 Å². The molecule has 0 radical (unpaired) electrons. The number of nitriles is 1. The van der Waals surface area contributed by atoms with Gasteiger partial charge in [-0.3, -0.25) is 0 Å². The second-order valence-electron chi connectivity index (χ2n) is 5.19. The molecular weight excluding hydrogens is 326 g/mol. The van der Waals surface area contributed by atoms with E-state index in [9.17, 15) is 5.26 Å². The van der Waals surface area contributed by atoms with Crippen LogP contribution in [0.5, 0.6) is 0 Å². The van der Waals surface area contributed by atoms with E-state index in [0.717, 1.165) is 23.1 Å². The van der Waals surface area contributed by atoms with Crippen LogP contribution in [0.25, 0.3) is 0 Å². The number of para-hydroxylation sites is 1. The Morgan fingerprint density at radius 1 is 1.19 bits per heavy atom. The summed E-state index contributed by atoms with van der Waals surface area (Å²) < 4.78 is 0.835. The van der Waals surface area contributed by atoms with Gasteiger partial charge in [-0.1, -0.05) is 24.3 Å². The lowest BCUT2D eigenvalue weighted by atomic mass is 9.98. The van der Waals surface area contributed by atoms with Gasteiger partial charge in [0, 0.05) is 22.6 Å². The minimum Gasteiger partial charge on any atom is -0.340 e. The van der Waals surface area contributed by atoms with Crippen molar-refractivity contribution in [3.8, 4) is 6.07 Å². The van der Waals surface area contributed by atoms with E-state index in [4.69, 9.17) is 5.73 Å².